The van der Waals surface area contributed by atoms with Crippen LogP contribution >= 0.6 is 0 Å². The number of fused-ring (bicyclic) bond motifs is 1. The number of benzene rings is 1. The van der Waals surface area contributed by atoms with E-state index in [-0.39, 0.29) is 36.7 Å². The molecule has 0 spiro atoms. The highest BCUT2D eigenvalue weighted by Crippen LogP contribution is 2.29. The number of carbonyl (C=O) groups excluding carboxylic acids is 1. The van der Waals surface area contributed by atoms with E-state index in [1.807, 2.05) is 65.1 Å². The average molecular weight is 450 g/mol. The Bertz CT molecular complexity index is 725. The SMILES string of the molecule is C[C@@H]1CCCCO[C@@H](CN(C)C)[C@@H](C)CN([C@@H](C)CO)C(=O)c2cc(N(C)C)ccc2O1. The Labute approximate surface area is 194 Å². The van der Waals surface area contributed by atoms with E-state index in [9.17, 15) is 9.90 Å². The van der Waals surface area contributed by atoms with Crippen LogP contribution in [0.4, 0.5) is 5.69 Å². The number of nitrogens with zero attached hydrogens (tertiary/aromatic N) is 3. The Kier molecular flexibility index (Phi) is 10.3. The van der Waals surface area contributed by atoms with Crippen molar-refractivity contribution in [3.63, 3.8) is 0 Å². The predicted molar refractivity (Wildman–Crippen MR) is 130 cm³/mol. The standard InChI is InChI=1S/C25H43N3O4/c1-18-15-28(19(2)17-29)25(30)22-14-21(27(6)7)11-12-23(22)32-20(3)10-8-9-13-31-24(18)16-26(4)5/h11-12,14,18-20,24,29H,8-10,13,15-17H2,1-7H3/t18-,19-,20+,24-/m0/s1. The molecule has 4 atom stereocenters. The van der Waals surface area contributed by atoms with Crippen LogP contribution in [0, 0.1) is 5.92 Å². The van der Waals surface area contributed by atoms with Gasteiger partial charge in [-0.2, -0.15) is 0 Å². The van der Waals surface area contributed by atoms with E-state index < -0.39 is 0 Å². The van der Waals surface area contributed by atoms with Crippen molar-refractivity contribution < 1.29 is 19.4 Å². The summed E-state index contributed by atoms with van der Waals surface area (Å²) >= 11 is 0. The second-order valence-electron chi connectivity index (χ2n) is 9.64. The molecule has 0 radical (unpaired) electrons. The minimum atomic E-state index is -0.314. The summed E-state index contributed by atoms with van der Waals surface area (Å²) in [5, 5.41) is 9.93. The number of aliphatic hydroxyl groups is 1. The van der Waals surface area contributed by atoms with E-state index in [4.69, 9.17) is 9.47 Å². The van der Waals surface area contributed by atoms with Gasteiger partial charge in [-0.15, -0.1) is 0 Å². The fraction of sp³-hybridized carbons (Fsp3) is 0.720. The number of hydrogen-bond donors (Lipinski definition) is 1. The smallest absolute Gasteiger partial charge is 0.258 e. The Morgan fingerprint density at radius 2 is 1.91 bits per heavy atom. The second kappa shape index (κ2) is 12.4. The predicted octanol–water partition coefficient (Wildman–Crippen LogP) is 3.11. The van der Waals surface area contributed by atoms with Crippen LogP contribution < -0.4 is 9.64 Å². The van der Waals surface area contributed by atoms with Crippen LogP contribution in [0.2, 0.25) is 0 Å². The minimum Gasteiger partial charge on any atom is -0.490 e. The third kappa shape index (κ3) is 7.36. The number of carbonyl (C=O) groups is 1. The van der Waals surface area contributed by atoms with Crippen LogP contribution in [-0.4, -0.2) is 93.6 Å². The molecular weight excluding hydrogens is 406 g/mol. The highest BCUT2D eigenvalue weighted by molar-refractivity contribution is 5.98. The maximum atomic E-state index is 13.8. The topological polar surface area (TPSA) is 65.5 Å². The van der Waals surface area contributed by atoms with Gasteiger partial charge in [0.25, 0.3) is 5.91 Å². The first-order valence-corrected chi connectivity index (χ1v) is 11.8. The largest absolute Gasteiger partial charge is 0.490 e. The maximum Gasteiger partial charge on any atom is 0.258 e. The van der Waals surface area contributed by atoms with Gasteiger partial charge in [-0.05, 0) is 65.4 Å². The lowest BCUT2D eigenvalue weighted by Crippen LogP contribution is -2.47. The number of likely N-dealkylation sites (N-methyl/N-ethyl adjacent to an activating group) is 1. The quantitative estimate of drug-likeness (QED) is 0.745. The summed E-state index contributed by atoms with van der Waals surface area (Å²) in [6, 6.07) is 5.46. The molecule has 1 N–H and O–H groups in total. The Balaban J connectivity index is 2.48. The molecule has 1 aromatic carbocycles. The van der Waals surface area contributed by atoms with Gasteiger partial charge in [-0.25, -0.2) is 0 Å². The van der Waals surface area contributed by atoms with Crippen LogP contribution in [0.5, 0.6) is 5.75 Å². The van der Waals surface area contributed by atoms with Crippen molar-refractivity contribution in [1.29, 1.82) is 0 Å². The molecule has 7 nitrogen and oxygen atoms in total. The van der Waals surface area contributed by atoms with Crippen LogP contribution in [0.1, 0.15) is 50.4 Å². The number of ether oxygens (including phenoxy) is 2. The number of rotatable bonds is 5. The molecule has 32 heavy (non-hydrogen) atoms. The molecule has 0 unspecified atom stereocenters. The van der Waals surface area contributed by atoms with Crippen molar-refractivity contribution in [3.05, 3.63) is 23.8 Å². The first-order valence-electron chi connectivity index (χ1n) is 11.8. The molecule has 0 fully saturated rings. The molecular formula is C25H43N3O4. The van der Waals surface area contributed by atoms with Crippen molar-refractivity contribution in [2.75, 3.05) is 59.4 Å². The highest BCUT2D eigenvalue weighted by Gasteiger charge is 2.30. The zero-order valence-electron chi connectivity index (χ0n) is 21.0. The molecule has 182 valence electrons. The Morgan fingerprint density at radius 3 is 2.53 bits per heavy atom. The third-order valence-electron chi connectivity index (χ3n) is 6.10. The van der Waals surface area contributed by atoms with E-state index in [1.165, 1.54) is 0 Å². The van der Waals surface area contributed by atoms with Crippen molar-refractivity contribution in [2.45, 2.75) is 58.3 Å². The Hall–Kier alpha value is -1.83. The van der Waals surface area contributed by atoms with Gasteiger partial charge in [0.2, 0.25) is 0 Å². The first-order chi connectivity index (χ1) is 15.1. The van der Waals surface area contributed by atoms with E-state index in [2.05, 4.69) is 11.8 Å². The first kappa shape index (κ1) is 26.4. The van der Waals surface area contributed by atoms with Crippen molar-refractivity contribution in [2.24, 2.45) is 5.92 Å². The van der Waals surface area contributed by atoms with Gasteiger partial charge < -0.3 is 29.3 Å². The van der Waals surface area contributed by atoms with Gasteiger partial charge in [0, 0.05) is 45.4 Å². The summed E-state index contributed by atoms with van der Waals surface area (Å²) in [4.78, 5) is 19.7. The van der Waals surface area contributed by atoms with Crippen LogP contribution in [-0.2, 0) is 4.74 Å². The fourth-order valence-corrected chi connectivity index (χ4v) is 4.01. The number of anilines is 1. The fourth-order valence-electron chi connectivity index (χ4n) is 4.01. The summed E-state index contributed by atoms with van der Waals surface area (Å²) < 4.78 is 12.5. The zero-order chi connectivity index (χ0) is 23.8. The molecule has 1 aliphatic rings. The average Bonchev–Trinajstić information content (AvgIpc) is 2.74. The summed E-state index contributed by atoms with van der Waals surface area (Å²) in [6.07, 6.45) is 2.89. The lowest BCUT2D eigenvalue weighted by molar-refractivity contribution is -0.0137. The molecule has 0 aliphatic carbocycles. The number of amides is 1. The number of hydrogen-bond acceptors (Lipinski definition) is 6. The molecule has 1 heterocycles. The van der Waals surface area contributed by atoms with Gasteiger partial charge in [-0.3, -0.25) is 4.79 Å². The van der Waals surface area contributed by atoms with Crippen LogP contribution in [0.15, 0.2) is 18.2 Å². The van der Waals surface area contributed by atoms with Crippen molar-refractivity contribution >= 4 is 11.6 Å². The molecule has 7 heteroatoms. The third-order valence-corrected chi connectivity index (χ3v) is 6.10. The summed E-state index contributed by atoms with van der Waals surface area (Å²) in [5.74, 6) is 0.595. The normalized spacial score (nSPS) is 24.5. The molecule has 0 aromatic heterocycles. The van der Waals surface area contributed by atoms with Gasteiger partial charge in [0.15, 0.2) is 0 Å². The molecule has 2 rings (SSSR count). The highest BCUT2D eigenvalue weighted by atomic mass is 16.5. The van der Waals surface area contributed by atoms with Crippen LogP contribution in [0.3, 0.4) is 0 Å². The summed E-state index contributed by atoms with van der Waals surface area (Å²) in [5.41, 5.74) is 1.48. The summed E-state index contributed by atoms with van der Waals surface area (Å²) in [7, 11) is 7.99. The van der Waals surface area contributed by atoms with Gasteiger partial charge >= 0.3 is 0 Å². The maximum absolute atomic E-state index is 13.8. The Morgan fingerprint density at radius 1 is 1.19 bits per heavy atom. The molecule has 0 saturated heterocycles. The van der Waals surface area contributed by atoms with Crippen molar-refractivity contribution in [3.8, 4) is 5.75 Å². The van der Waals surface area contributed by atoms with E-state index in [0.717, 1.165) is 31.5 Å². The molecule has 0 saturated carbocycles. The molecule has 0 bridgehead atoms. The van der Waals surface area contributed by atoms with E-state index in [1.54, 1.807) is 4.90 Å². The monoisotopic (exact) mass is 449 g/mol. The molecule has 1 aliphatic heterocycles. The lowest BCUT2D eigenvalue weighted by atomic mass is 10.0. The molecule has 1 aromatic rings. The van der Waals surface area contributed by atoms with Gasteiger partial charge in [-0.1, -0.05) is 6.92 Å². The lowest BCUT2D eigenvalue weighted by Gasteiger charge is -2.35. The van der Waals surface area contributed by atoms with Crippen molar-refractivity contribution in [1.82, 2.24) is 9.80 Å². The second-order valence-corrected chi connectivity index (χ2v) is 9.64. The zero-order valence-corrected chi connectivity index (χ0v) is 21.0. The van der Waals surface area contributed by atoms with Crippen LogP contribution in [0.25, 0.3) is 0 Å². The number of aliphatic hydroxyl groups excluding tert-OH is 1. The summed E-state index contributed by atoms with van der Waals surface area (Å²) in [6.45, 7) is 7.94. The van der Waals surface area contributed by atoms with Gasteiger partial charge in [0.1, 0.15) is 5.75 Å². The molecule has 1 amide bonds. The van der Waals surface area contributed by atoms with Gasteiger partial charge in [0.05, 0.1) is 30.4 Å². The van der Waals surface area contributed by atoms with E-state index in [0.29, 0.717) is 24.5 Å². The van der Waals surface area contributed by atoms with E-state index >= 15 is 0 Å². The minimum absolute atomic E-state index is 0.00472.